The number of imidazole rings is 1. The topological polar surface area (TPSA) is 46.9 Å². The van der Waals surface area contributed by atoms with Gasteiger partial charge in [0.05, 0.1) is 12.7 Å². The first-order valence-electron chi connectivity index (χ1n) is 5.48. The Morgan fingerprint density at radius 3 is 2.79 bits per heavy atom. The Balaban J connectivity index is 1.97. The minimum Gasteiger partial charge on any atom is -0.326 e. The van der Waals surface area contributed by atoms with Gasteiger partial charge in [0, 0.05) is 17.6 Å². The summed E-state index contributed by atoms with van der Waals surface area (Å²) in [6.07, 6.45) is -2.19. The molecule has 0 spiro atoms. The van der Waals surface area contributed by atoms with Crippen molar-refractivity contribution in [3.8, 4) is 5.69 Å². The predicted molar refractivity (Wildman–Crippen MR) is 60.9 cm³/mol. The highest BCUT2D eigenvalue weighted by atomic mass is 19.4. The van der Waals surface area contributed by atoms with Gasteiger partial charge in [0.2, 0.25) is 5.91 Å². The number of hydrogen-bond acceptors (Lipinski definition) is 2. The van der Waals surface area contributed by atoms with Crippen LogP contribution in [0.4, 0.5) is 18.9 Å². The zero-order valence-corrected chi connectivity index (χ0v) is 9.53. The fourth-order valence-corrected chi connectivity index (χ4v) is 1.99. The van der Waals surface area contributed by atoms with E-state index < -0.39 is 11.9 Å². The van der Waals surface area contributed by atoms with Gasteiger partial charge in [-0.1, -0.05) is 0 Å². The van der Waals surface area contributed by atoms with Crippen molar-refractivity contribution >= 4 is 11.6 Å². The summed E-state index contributed by atoms with van der Waals surface area (Å²) < 4.78 is 38.7. The van der Waals surface area contributed by atoms with Crippen molar-refractivity contribution in [1.29, 1.82) is 0 Å². The van der Waals surface area contributed by atoms with Crippen LogP contribution in [0.2, 0.25) is 0 Å². The molecule has 1 amide bonds. The van der Waals surface area contributed by atoms with Crippen LogP contribution in [0.25, 0.3) is 5.69 Å². The molecule has 1 aromatic carbocycles. The molecule has 1 aromatic heterocycles. The lowest BCUT2D eigenvalue weighted by atomic mass is 10.1. The summed E-state index contributed by atoms with van der Waals surface area (Å²) >= 11 is 0. The van der Waals surface area contributed by atoms with E-state index in [4.69, 9.17) is 0 Å². The second-order valence-corrected chi connectivity index (χ2v) is 4.23. The highest BCUT2D eigenvalue weighted by molar-refractivity contribution is 5.99. The lowest BCUT2D eigenvalue weighted by Gasteiger charge is -2.05. The summed E-state index contributed by atoms with van der Waals surface area (Å²) in [6, 6.07) is 4.98. The number of anilines is 1. The van der Waals surface area contributed by atoms with E-state index in [1.54, 1.807) is 18.2 Å². The van der Waals surface area contributed by atoms with Gasteiger partial charge in [-0.05, 0) is 23.8 Å². The summed E-state index contributed by atoms with van der Waals surface area (Å²) in [5.74, 6) is -0.117. The van der Waals surface area contributed by atoms with Crippen LogP contribution in [0.1, 0.15) is 11.3 Å². The van der Waals surface area contributed by atoms with Crippen molar-refractivity contribution in [2.24, 2.45) is 0 Å². The fourth-order valence-electron chi connectivity index (χ4n) is 1.99. The van der Waals surface area contributed by atoms with Crippen molar-refractivity contribution in [2.75, 3.05) is 5.32 Å². The minimum absolute atomic E-state index is 0.117. The van der Waals surface area contributed by atoms with Gasteiger partial charge in [0.25, 0.3) is 0 Å². The number of nitrogens with one attached hydrogen (secondary N) is 1. The molecule has 2 aromatic rings. The Bertz CT molecular complexity index is 660. The van der Waals surface area contributed by atoms with E-state index in [0.717, 1.165) is 18.1 Å². The summed E-state index contributed by atoms with van der Waals surface area (Å²) in [5.41, 5.74) is 1.06. The third-order valence-electron chi connectivity index (χ3n) is 2.89. The number of carbonyl (C=O) groups excluding carboxylic acids is 1. The number of halogens is 3. The fraction of sp³-hybridized carbons (Fsp3) is 0.167. The molecule has 0 fully saturated rings. The van der Waals surface area contributed by atoms with Gasteiger partial charge in [-0.25, -0.2) is 4.98 Å². The molecule has 0 unspecified atom stereocenters. The van der Waals surface area contributed by atoms with Gasteiger partial charge in [0.1, 0.15) is 0 Å². The van der Waals surface area contributed by atoms with Crippen molar-refractivity contribution in [1.82, 2.24) is 9.55 Å². The number of alkyl halides is 3. The third kappa shape index (κ3) is 2.07. The number of nitrogens with zero attached hydrogens (tertiary/aromatic N) is 2. The smallest absolute Gasteiger partial charge is 0.326 e. The van der Waals surface area contributed by atoms with Gasteiger partial charge in [0.15, 0.2) is 5.69 Å². The van der Waals surface area contributed by atoms with Gasteiger partial charge < -0.3 is 9.88 Å². The van der Waals surface area contributed by atoms with E-state index in [9.17, 15) is 18.0 Å². The van der Waals surface area contributed by atoms with Crippen LogP contribution in [0.5, 0.6) is 0 Å². The molecule has 2 heterocycles. The maximum absolute atomic E-state index is 12.5. The molecule has 4 nitrogen and oxygen atoms in total. The first kappa shape index (κ1) is 11.8. The molecule has 98 valence electrons. The van der Waals surface area contributed by atoms with Gasteiger partial charge in [-0.2, -0.15) is 13.2 Å². The van der Waals surface area contributed by atoms with Crippen molar-refractivity contribution in [2.45, 2.75) is 12.6 Å². The van der Waals surface area contributed by atoms with Crippen LogP contribution in [-0.2, 0) is 17.4 Å². The van der Waals surface area contributed by atoms with E-state index in [1.807, 2.05) is 0 Å². The number of carbonyl (C=O) groups is 1. The van der Waals surface area contributed by atoms with Gasteiger partial charge >= 0.3 is 6.18 Å². The van der Waals surface area contributed by atoms with Crippen LogP contribution in [0.3, 0.4) is 0 Å². The van der Waals surface area contributed by atoms with E-state index in [0.29, 0.717) is 11.4 Å². The molecule has 1 aliphatic heterocycles. The number of amides is 1. The molecular formula is C12H8F3N3O. The van der Waals surface area contributed by atoms with E-state index in [-0.39, 0.29) is 12.3 Å². The molecule has 0 saturated carbocycles. The zero-order chi connectivity index (χ0) is 13.6. The number of aromatic nitrogens is 2. The quantitative estimate of drug-likeness (QED) is 0.862. The first-order valence-corrected chi connectivity index (χ1v) is 5.48. The SMILES string of the molecule is O=C1Cc2cc(-n3cnc(C(F)(F)F)c3)ccc2N1. The molecule has 0 bridgehead atoms. The standard InChI is InChI=1S/C12H8F3N3O/c13-12(14,15)10-5-18(6-16-10)8-1-2-9-7(3-8)4-11(19)17-9/h1-3,5-6H,4H2,(H,17,19). The van der Waals surface area contributed by atoms with Crippen molar-refractivity contribution in [3.63, 3.8) is 0 Å². The molecular weight excluding hydrogens is 259 g/mol. The summed E-state index contributed by atoms with van der Waals surface area (Å²) in [4.78, 5) is 14.5. The lowest BCUT2D eigenvalue weighted by Crippen LogP contribution is -2.04. The van der Waals surface area contributed by atoms with E-state index >= 15 is 0 Å². The Morgan fingerprint density at radius 1 is 1.32 bits per heavy atom. The molecule has 7 heteroatoms. The predicted octanol–water partition coefficient (Wildman–Crippen LogP) is 2.39. The normalized spacial score (nSPS) is 14.4. The Hall–Kier alpha value is -2.31. The van der Waals surface area contributed by atoms with Crippen molar-refractivity contribution < 1.29 is 18.0 Å². The monoisotopic (exact) mass is 267 g/mol. The summed E-state index contributed by atoms with van der Waals surface area (Å²) in [7, 11) is 0. The largest absolute Gasteiger partial charge is 0.434 e. The molecule has 0 aliphatic carbocycles. The number of benzene rings is 1. The number of rotatable bonds is 1. The highest BCUT2D eigenvalue weighted by Crippen LogP contribution is 2.29. The average molecular weight is 267 g/mol. The molecule has 0 saturated heterocycles. The molecule has 0 atom stereocenters. The van der Waals surface area contributed by atoms with E-state index in [1.165, 1.54) is 4.57 Å². The first-order chi connectivity index (χ1) is 8.93. The Morgan fingerprint density at radius 2 is 2.11 bits per heavy atom. The molecule has 1 N–H and O–H groups in total. The zero-order valence-electron chi connectivity index (χ0n) is 9.53. The van der Waals surface area contributed by atoms with Gasteiger partial charge in [-0.15, -0.1) is 0 Å². The third-order valence-corrected chi connectivity index (χ3v) is 2.89. The Labute approximate surface area is 105 Å². The second kappa shape index (κ2) is 3.84. The molecule has 3 rings (SSSR count). The van der Waals surface area contributed by atoms with Crippen LogP contribution >= 0.6 is 0 Å². The molecule has 19 heavy (non-hydrogen) atoms. The summed E-state index contributed by atoms with van der Waals surface area (Å²) in [5, 5.41) is 2.66. The second-order valence-electron chi connectivity index (χ2n) is 4.23. The van der Waals surface area contributed by atoms with Gasteiger partial charge in [-0.3, -0.25) is 4.79 Å². The number of fused-ring (bicyclic) bond motifs is 1. The highest BCUT2D eigenvalue weighted by Gasteiger charge is 2.33. The van der Waals surface area contributed by atoms with E-state index in [2.05, 4.69) is 10.3 Å². The van der Waals surface area contributed by atoms with Crippen molar-refractivity contribution in [3.05, 3.63) is 42.0 Å². The maximum atomic E-state index is 12.5. The van der Waals surface area contributed by atoms with Crippen LogP contribution in [0, 0.1) is 0 Å². The summed E-state index contributed by atoms with van der Waals surface area (Å²) in [6.45, 7) is 0. The molecule has 0 radical (unpaired) electrons. The number of hydrogen-bond donors (Lipinski definition) is 1. The molecule has 1 aliphatic rings. The lowest BCUT2D eigenvalue weighted by molar-refractivity contribution is -0.140. The van der Waals surface area contributed by atoms with Crippen LogP contribution in [0.15, 0.2) is 30.7 Å². The van der Waals surface area contributed by atoms with Crippen LogP contribution in [-0.4, -0.2) is 15.5 Å². The van der Waals surface area contributed by atoms with Crippen LogP contribution < -0.4 is 5.32 Å². The Kier molecular flexibility index (Phi) is 2.38. The maximum Gasteiger partial charge on any atom is 0.434 e. The average Bonchev–Trinajstić information content (AvgIpc) is 2.90. The minimum atomic E-state index is -4.46.